The third kappa shape index (κ3) is 3.95. The van der Waals surface area contributed by atoms with E-state index < -0.39 is 0 Å². The lowest BCUT2D eigenvalue weighted by atomic mass is 10.0. The summed E-state index contributed by atoms with van der Waals surface area (Å²) >= 11 is 0. The number of hydrogen-bond acceptors (Lipinski definition) is 4. The van der Waals surface area contributed by atoms with Crippen LogP contribution in [0, 0.1) is 5.92 Å². The average molecular weight is 292 g/mol. The Labute approximate surface area is 126 Å². The van der Waals surface area contributed by atoms with Crippen LogP contribution in [0.15, 0.2) is 24.3 Å². The van der Waals surface area contributed by atoms with Crippen molar-refractivity contribution in [2.24, 2.45) is 11.7 Å². The first-order valence-electron chi connectivity index (χ1n) is 7.42. The van der Waals surface area contributed by atoms with Crippen LogP contribution >= 0.6 is 0 Å². The predicted octanol–water partition coefficient (Wildman–Crippen LogP) is 1.80. The van der Waals surface area contributed by atoms with Crippen molar-refractivity contribution in [3.05, 3.63) is 24.3 Å². The van der Waals surface area contributed by atoms with E-state index >= 15 is 0 Å². The fourth-order valence-electron chi connectivity index (χ4n) is 2.60. The van der Waals surface area contributed by atoms with Gasteiger partial charge in [0.1, 0.15) is 5.75 Å². The summed E-state index contributed by atoms with van der Waals surface area (Å²) in [5, 5.41) is 0. The molecule has 1 fully saturated rings. The van der Waals surface area contributed by atoms with Crippen molar-refractivity contribution in [1.82, 2.24) is 0 Å². The maximum Gasteiger partial charge on any atom is 0.232 e. The topological polar surface area (TPSA) is 64.8 Å². The van der Waals surface area contributed by atoms with E-state index in [9.17, 15) is 4.79 Å². The van der Waals surface area contributed by atoms with E-state index in [-0.39, 0.29) is 17.9 Å². The second-order valence-electron chi connectivity index (χ2n) is 5.41. The van der Waals surface area contributed by atoms with Gasteiger partial charge in [0.2, 0.25) is 5.91 Å². The molecule has 0 spiro atoms. The summed E-state index contributed by atoms with van der Waals surface area (Å²) in [6, 6.07) is 7.57. The molecule has 1 aliphatic heterocycles. The molecular weight excluding hydrogens is 268 g/mol. The third-order valence-electron chi connectivity index (χ3n) is 3.76. The number of ether oxygens (including phenoxy) is 2. The highest BCUT2D eigenvalue weighted by molar-refractivity contribution is 5.95. The summed E-state index contributed by atoms with van der Waals surface area (Å²) in [6.45, 7) is 3.69. The third-order valence-corrected chi connectivity index (χ3v) is 3.76. The normalized spacial score (nSPS) is 21.3. The van der Waals surface area contributed by atoms with E-state index in [2.05, 4.69) is 0 Å². The summed E-state index contributed by atoms with van der Waals surface area (Å²) in [4.78, 5) is 14.6. The number of carbonyl (C=O) groups excluding carboxylic acids is 1. The van der Waals surface area contributed by atoms with E-state index in [1.165, 1.54) is 0 Å². The van der Waals surface area contributed by atoms with Crippen LogP contribution in [-0.2, 0) is 9.53 Å². The molecule has 0 aliphatic carbocycles. The summed E-state index contributed by atoms with van der Waals surface area (Å²) in [5.41, 5.74) is 6.45. The zero-order valence-corrected chi connectivity index (χ0v) is 12.7. The number of nitrogens with zero attached hydrogens (tertiary/aromatic N) is 1. The quantitative estimate of drug-likeness (QED) is 0.868. The van der Waals surface area contributed by atoms with Crippen LogP contribution in [0.1, 0.15) is 19.8 Å². The van der Waals surface area contributed by atoms with Crippen LogP contribution in [0.2, 0.25) is 0 Å². The first kappa shape index (κ1) is 15.8. The molecule has 1 aliphatic rings. The maximum absolute atomic E-state index is 12.8. The van der Waals surface area contributed by atoms with Crippen molar-refractivity contribution < 1.29 is 14.3 Å². The first-order chi connectivity index (χ1) is 10.2. The van der Waals surface area contributed by atoms with Crippen molar-refractivity contribution >= 4 is 11.6 Å². The van der Waals surface area contributed by atoms with E-state index in [0.717, 1.165) is 24.3 Å². The highest BCUT2D eigenvalue weighted by Gasteiger charge is 2.32. The molecule has 2 rings (SSSR count). The molecular formula is C16H24N2O3. The first-order valence-corrected chi connectivity index (χ1v) is 7.42. The van der Waals surface area contributed by atoms with Crippen molar-refractivity contribution in [3.8, 4) is 5.75 Å². The van der Waals surface area contributed by atoms with Crippen molar-refractivity contribution in [3.63, 3.8) is 0 Å². The monoisotopic (exact) mass is 292 g/mol. The summed E-state index contributed by atoms with van der Waals surface area (Å²) in [6.07, 6.45) is 1.70. The minimum absolute atomic E-state index is 0.0658. The molecule has 116 valence electrons. The van der Waals surface area contributed by atoms with Crippen LogP contribution in [0.3, 0.4) is 0 Å². The van der Waals surface area contributed by atoms with Gasteiger partial charge in [0.25, 0.3) is 0 Å². The molecule has 1 heterocycles. The number of nitrogens with two attached hydrogens (primary N) is 1. The minimum atomic E-state index is -0.0658. The Morgan fingerprint density at radius 1 is 1.52 bits per heavy atom. The van der Waals surface area contributed by atoms with Gasteiger partial charge >= 0.3 is 0 Å². The lowest BCUT2D eigenvalue weighted by Crippen LogP contribution is -2.38. The van der Waals surface area contributed by atoms with E-state index in [1.54, 1.807) is 12.0 Å². The lowest BCUT2D eigenvalue weighted by Gasteiger charge is -2.25. The summed E-state index contributed by atoms with van der Waals surface area (Å²) in [5.74, 6) is 0.791. The van der Waals surface area contributed by atoms with Gasteiger partial charge in [0.15, 0.2) is 0 Å². The van der Waals surface area contributed by atoms with E-state index in [1.807, 2.05) is 31.2 Å². The molecule has 0 bridgehead atoms. The van der Waals surface area contributed by atoms with Gasteiger partial charge in [-0.3, -0.25) is 4.79 Å². The van der Waals surface area contributed by atoms with Crippen molar-refractivity contribution in [2.45, 2.75) is 25.9 Å². The number of rotatable bonds is 6. The van der Waals surface area contributed by atoms with Gasteiger partial charge in [-0.1, -0.05) is 6.07 Å². The molecule has 5 nitrogen and oxygen atoms in total. The Morgan fingerprint density at radius 2 is 2.33 bits per heavy atom. The largest absolute Gasteiger partial charge is 0.497 e. The lowest BCUT2D eigenvalue weighted by molar-refractivity contribution is -0.122. The molecule has 1 aromatic rings. The molecule has 1 aromatic carbocycles. The summed E-state index contributed by atoms with van der Waals surface area (Å²) in [7, 11) is 1.62. The van der Waals surface area contributed by atoms with Gasteiger partial charge in [-0.2, -0.15) is 0 Å². The van der Waals surface area contributed by atoms with E-state index in [4.69, 9.17) is 15.2 Å². The van der Waals surface area contributed by atoms with Gasteiger partial charge < -0.3 is 20.1 Å². The second kappa shape index (κ2) is 7.43. The van der Waals surface area contributed by atoms with E-state index in [0.29, 0.717) is 19.7 Å². The van der Waals surface area contributed by atoms with Crippen LogP contribution in [0.5, 0.6) is 5.75 Å². The van der Waals surface area contributed by atoms with Crippen LogP contribution in [-0.4, -0.2) is 38.8 Å². The molecule has 2 N–H and O–H groups in total. The molecule has 2 unspecified atom stereocenters. The highest BCUT2D eigenvalue weighted by Crippen LogP contribution is 2.26. The van der Waals surface area contributed by atoms with Gasteiger partial charge in [-0.15, -0.1) is 0 Å². The Balaban J connectivity index is 2.18. The van der Waals surface area contributed by atoms with Crippen molar-refractivity contribution in [1.29, 1.82) is 0 Å². The molecule has 1 saturated heterocycles. The fraction of sp³-hybridized carbons (Fsp3) is 0.562. The van der Waals surface area contributed by atoms with Gasteiger partial charge in [-0.25, -0.2) is 0 Å². The Bertz CT molecular complexity index is 478. The Morgan fingerprint density at radius 3 is 2.95 bits per heavy atom. The molecule has 2 atom stereocenters. The predicted molar refractivity (Wildman–Crippen MR) is 82.5 cm³/mol. The number of hydrogen-bond donors (Lipinski definition) is 1. The smallest absolute Gasteiger partial charge is 0.232 e. The van der Waals surface area contributed by atoms with Crippen LogP contribution in [0.4, 0.5) is 5.69 Å². The van der Waals surface area contributed by atoms with Gasteiger partial charge in [0.05, 0.1) is 25.7 Å². The second-order valence-corrected chi connectivity index (χ2v) is 5.41. The Kier molecular flexibility index (Phi) is 5.59. The standard InChI is InChI=1S/C16H24N2O3/c1-12-9-13(11-21-12)16(19)18(8-4-7-17)14-5-3-6-15(10-14)20-2/h3,5-6,10,12-13H,4,7-9,11,17H2,1-2H3. The number of amides is 1. The molecule has 0 aromatic heterocycles. The maximum atomic E-state index is 12.8. The van der Waals surface area contributed by atoms with Gasteiger partial charge in [-0.05, 0) is 38.4 Å². The molecule has 21 heavy (non-hydrogen) atoms. The number of carbonyl (C=O) groups is 1. The molecule has 0 radical (unpaired) electrons. The number of benzene rings is 1. The van der Waals surface area contributed by atoms with Crippen LogP contribution in [0.25, 0.3) is 0 Å². The molecule has 1 amide bonds. The SMILES string of the molecule is COc1cccc(N(CCCN)C(=O)C2COC(C)C2)c1. The number of anilines is 1. The fourth-order valence-corrected chi connectivity index (χ4v) is 2.60. The molecule has 0 saturated carbocycles. The average Bonchev–Trinajstić information content (AvgIpc) is 2.94. The van der Waals surface area contributed by atoms with Crippen LogP contribution < -0.4 is 15.4 Å². The highest BCUT2D eigenvalue weighted by atomic mass is 16.5. The number of methoxy groups -OCH3 is 1. The zero-order chi connectivity index (χ0) is 15.2. The minimum Gasteiger partial charge on any atom is -0.497 e. The zero-order valence-electron chi connectivity index (χ0n) is 12.7. The van der Waals surface area contributed by atoms with Gasteiger partial charge in [0, 0.05) is 18.3 Å². The van der Waals surface area contributed by atoms with Crippen molar-refractivity contribution in [2.75, 3.05) is 31.7 Å². The summed E-state index contributed by atoms with van der Waals surface area (Å²) < 4.78 is 10.8. The molecule has 5 heteroatoms. The Hall–Kier alpha value is -1.59.